The Kier molecular flexibility index (Phi) is 4.90. The third-order valence-corrected chi connectivity index (χ3v) is 2.89. The summed E-state index contributed by atoms with van der Waals surface area (Å²) in [7, 11) is 3.42. The van der Waals surface area contributed by atoms with Crippen LogP contribution in [0.1, 0.15) is 31.2 Å². The predicted molar refractivity (Wildman–Crippen MR) is 73.1 cm³/mol. The smallest absolute Gasteiger partial charge is 0.241 e. The van der Waals surface area contributed by atoms with Crippen molar-refractivity contribution >= 4 is 23.3 Å². The summed E-state index contributed by atoms with van der Waals surface area (Å²) in [5, 5.41) is 3.43. The van der Waals surface area contributed by atoms with Crippen LogP contribution < -0.4 is 5.32 Å². The van der Waals surface area contributed by atoms with Crippen LogP contribution >= 0.6 is 11.6 Å². The van der Waals surface area contributed by atoms with Crippen LogP contribution in [0.15, 0.2) is 0 Å². The van der Waals surface area contributed by atoms with E-state index in [1.165, 1.54) is 4.90 Å². The molecule has 0 saturated carbocycles. The van der Waals surface area contributed by atoms with E-state index in [1.807, 2.05) is 20.8 Å². The lowest BCUT2D eigenvalue weighted by Crippen LogP contribution is -2.29. The molecule has 18 heavy (non-hydrogen) atoms. The monoisotopic (exact) mass is 270 g/mol. The second-order valence-electron chi connectivity index (χ2n) is 4.64. The Morgan fingerprint density at radius 2 is 2.00 bits per heavy atom. The first-order valence-electron chi connectivity index (χ1n) is 5.81. The number of nitrogens with one attached hydrogen (secondary N) is 1. The number of carbonyl (C=O) groups is 1. The number of hydrogen-bond donors (Lipinski definition) is 1. The van der Waals surface area contributed by atoms with Gasteiger partial charge < -0.3 is 10.2 Å². The van der Waals surface area contributed by atoms with Gasteiger partial charge in [-0.25, -0.2) is 9.97 Å². The second-order valence-corrected chi connectivity index (χ2v) is 5.00. The van der Waals surface area contributed by atoms with Crippen molar-refractivity contribution in [3.8, 4) is 0 Å². The number of anilines is 1. The molecule has 0 aliphatic heterocycles. The van der Waals surface area contributed by atoms with Gasteiger partial charge in [-0.1, -0.05) is 25.4 Å². The molecule has 1 aromatic rings. The number of carbonyl (C=O) groups excluding carboxylic acids is 1. The molecule has 0 spiro atoms. The first-order valence-corrected chi connectivity index (χ1v) is 6.18. The van der Waals surface area contributed by atoms with Crippen LogP contribution in [0.3, 0.4) is 0 Å². The van der Waals surface area contributed by atoms with Crippen molar-refractivity contribution in [3.05, 3.63) is 16.5 Å². The zero-order valence-electron chi connectivity index (χ0n) is 11.4. The predicted octanol–water partition coefficient (Wildman–Crippen LogP) is 2.06. The summed E-state index contributed by atoms with van der Waals surface area (Å²) in [5.41, 5.74) is 0.757. The molecule has 0 atom stereocenters. The molecule has 0 aliphatic carbocycles. The quantitative estimate of drug-likeness (QED) is 0.851. The average molecular weight is 271 g/mol. The zero-order valence-corrected chi connectivity index (χ0v) is 12.2. The summed E-state index contributed by atoms with van der Waals surface area (Å²) in [6.45, 7) is 6.01. The van der Waals surface area contributed by atoms with Crippen molar-refractivity contribution in [3.63, 3.8) is 0 Å². The van der Waals surface area contributed by atoms with Crippen LogP contribution in [0.2, 0.25) is 5.15 Å². The van der Waals surface area contributed by atoms with Crippen LogP contribution in [-0.4, -0.2) is 41.4 Å². The fourth-order valence-electron chi connectivity index (χ4n) is 1.25. The van der Waals surface area contributed by atoms with Crippen LogP contribution in [0.4, 0.5) is 5.82 Å². The number of aromatic nitrogens is 2. The largest absolute Gasteiger partial charge is 0.361 e. The summed E-state index contributed by atoms with van der Waals surface area (Å²) in [5.74, 6) is 1.46. The Hall–Kier alpha value is -1.36. The molecule has 0 aromatic carbocycles. The number of nitrogens with zero attached hydrogens (tertiary/aromatic N) is 3. The van der Waals surface area contributed by atoms with Crippen molar-refractivity contribution in [2.45, 2.75) is 26.7 Å². The minimum atomic E-state index is -0.0183. The van der Waals surface area contributed by atoms with Gasteiger partial charge in [0.25, 0.3) is 0 Å². The third-order valence-electron chi connectivity index (χ3n) is 2.53. The van der Waals surface area contributed by atoms with Gasteiger partial charge in [-0.05, 0) is 6.92 Å². The molecule has 6 heteroatoms. The minimum Gasteiger partial charge on any atom is -0.361 e. The standard InChI is InChI=1S/C12H19ClN4O/c1-7(2)11-15-10(13)8(3)12(16-11)14-6-9(18)17(4)5/h7H,6H2,1-5H3,(H,14,15,16). The van der Waals surface area contributed by atoms with Gasteiger partial charge in [-0.2, -0.15) is 0 Å². The molecule has 0 fully saturated rings. The van der Waals surface area contributed by atoms with E-state index in [4.69, 9.17) is 11.6 Å². The Bertz CT molecular complexity index is 446. The van der Waals surface area contributed by atoms with Crippen LogP contribution in [0.25, 0.3) is 0 Å². The zero-order chi connectivity index (χ0) is 13.9. The van der Waals surface area contributed by atoms with E-state index in [2.05, 4.69) is 15.3 Å². The van der Waals surface area contributed by atoms with Gasteiger partial charge in [0.1, 0.15) is 16.8 Å². The maximum Gasteiger partial charge on any atom is 0.241 e. The molecule has 0 aliphatic rings. The molecular weight excluding hydrogens is 252 g/mol. The molecule has 100 valence electrons. The van der Waals surface area contributed by atoms with Gasteiger partial charge in [0.05, 0.1) is 6.54 Å². The number of halogens is 1. The molecule has 1 amide bonds. The number of amides is 1. The van der Waals surface area contributed by atoms with Crippen molar-refractivity contribution in [2.75, 3.05) is 26.0 Å². The van der Waals surface area contributed by atoms with Gasteiger partial charge >= 0.3 is 0 Å². The number of rotatable bonds is 4. The summed E-state index contributed by atoms with van der Waals surface area (Å²) >= 11 is 6.05. The van der Waals surface area contributed by atoms with E-state index in [0.29, 0.717) is 16.8 Å². The Labute approximate surface area is 113 Å². The van der Waals surface area contributed by atoms with E-state index in [0.717, 1.165) is 5.56 Å². The summed E-state index contributed by atoms with van der Waals surface area (Å²) < 4.78 is 0. The lowest BCUT2D eigenvalue weighted by molar-refractivity contribution is -0.126. The van der Waals surface area contributed by atoms with Gasteiger partial charge in [0.2, 0.25) is 5.91 Å². The second kappa shape index (κ2) is 6.00. The SMILES string of the molecule is Cc1c(Cl)nc(C(C)C)nc1NCC(=O)N(C)C. The molecule has 0 unspecified atom stereocenters. The molecule has 5 nitrogen and oxygen atoms in total. The Morgan fingerprint density at radius 1 is 1.39 bits per heavy atom. The molecular formula is C12H19ClN4O. The number of likely N-dealkylation sites (N-methyl/N-ethyl adjacent to an activating group) is 1. The lowest BCUT2D eigenvalue weighted by atomic mass is 10.2. The molecule has 0 bridgehead atoms. The molecule has 0 radical (unpaired) electrons. The van der Waals surface area contributed by atoms with Crippen molar-refractivity contribution in [2.24, 2.45) is 0 Å². The maximum absolute atomic E-state index is 11.5. The minimum absolute atomic E-state index is 0.0183. The summed E-state index contributed by atoms with van der Waals surface area (Å²) in [6.07, 6.45) is 0. The highest BCUT2D eigenvalue weighted by Gasteiger charge is 2.13. The van der Waals surface area contributed by atoms with Gasteiger partial charge in [-0.3, -0.25) is 4.79 Å². The first kappa shape index (κ1) is 14.7. The van der Waals surface area contributed by atoms with Crippen molar-refractivity contribution < 1.29 is 4.79 Å². The maximum atomic E-state index is 11.5. The van der Waals surface area contributed by atoms with Crippen molar-refractivity contribution in [1.29, 1.82) is 0 Å². The molecule has 1 rings (SSSR count). The highest BCUT2D eigenvalue weighted by molar-refractivity contribution is 6.30. The molecule has 1 N–H and O–H groups in total. The Balaban J connectivity index is 2.91. The number of hydrogen-bond acceptors (Lipinski definition) is 4. The highest BCUT2D eigenvalue weighted by atomic mass is 35.5. The molecule has 1 heterocycles. The lowest BCUT2D eigenvalue weighted by Gasteiger charge is -2.14. The molecule has 1 aromatic heterocycles. The van der Waals surface area contributed by atoms with Crippen molar-refractivity contribution in [1.82, 2.24) is 14.9 Å². The van der Waals surface area contributed by atoms with E-state index < -0.39 is 0 Å². The van der Waals surface area contributed by atoms with E-state index in [1.54, 1.807) is 14.1 Å². The first-order chi connectivity index (χ1) is 8.32. The van der Waals surface area contributed by atoms with Gasteiger partial charge in [0, 0.05) is 25.6 Å². The fraction of sp³-hybridized carbons (Fsp3) is 0.583. The normalized spacial score (nSPS) is 10.6. The van der Waals surface area contributed by atoms with Crippen LogP contribution in [0, 0.1) is 6.92 Å². The van der Waals surface area contributed by atoms with E-state index in [9.17, 15) is 4.79 Å². The topological polar surface area (TPSA) is 58.1 Å². The summed E-state index contributed by atoms with van der Waals surface area (Å²) in [4.78, 5) is 21.6. The van der Waals surface area contributed by atoms with Gasteiger partial charge in [-0.15, -0.1) is 0 Å². The van der Waals surface area contributed by atoms with Gasteiger partial charge in [0.15, 0.2) is 0 Å². The van der Waals surface area contributed by atoms with Crippen LogP contribution in [0.5, 0.6) is 0 Å². The van der Waals surface area contributed by atoms with E-state index >= 15 is 0 Å². The Morgan fingerprint density at radius 3 is 2.50 bits per heavy atom. The van der Waals surface area contributed by atoms with Crippen LogP contribution in [-0.2, 0) is 4.79 Å². The average Bonchev–Trinajstić information content (AvgIpc) is 2.29. The fourth-order valence-corrected chi connectivity index (χ4v) is 1.43. The summed E-state index contributed by atoms with van der Waals surface area (Å²) in [6, 6.07) is 0. The highest BCUT2D eigenvalue weighted by Crippen LogP contribution is 2.22. The molecule has 0 saturated heterocycles. The third kappa shape index (κ3) is 3.57. The van der Waals surface area contributed by atoms with E-state index in [-0.39, 0.29) is 18.4 Å².